The molecule has 0 N–H and O–H groups in total. The molecular weight excluding hydrogens is 470 g/mol. The molecule has 0 fully saturated rings. The summed E-state index contributed by atoms with van der Waals surface area (Å²) in [7, 11) is 0. The molecule has 176 valence electrons. The molecule has 0 aliphatic rings. The Morgan fingerprint density at radius 2 is 1.44 bits per heavy atom. The molecule has 0 atom stereocenters. The van der Waals surface area contributed by atoms with Crippen LogP contribution in [0.15, 0.2) is 108 Å². The van der Waals surface area contributed by atoms with Gasteiger partial charge < -0.3 is 4.57 Å². The van der Waals surface area contributed by atoms with Crippen LogP contribution in [0.4, 0.5) is 5.69 Å². The Balaban J connectivity index is 1.41. The molecule has 2 aromatic heterocycles. The van der Waals surface area contributed by atoms with Crippen molar-refractivity contribution in [3.8, 4) is 5.69 Å². The van der Waals surface area contributed by atoms with Crippen molar-refractivity contribution in [2.45, 2.75) is 17.5 Å². The minimum Gasteiger partial charge on any atom is -0.333 e. The Bertz CT molecular complexity index is 1650. The topological polar surface area (TPSA) is 78.8 Å². The molecule has 0 aliphatic carbocycles. The van der Waals surface area contributed by atoms with E-state index in [1.807, 2.05) is 36.4 Å². The molecule has 7 nitrogen and oxygen atoms in total. The Kier molecular flexibility index (Phi) is 5.71. The van der Waals surface area contributed by atoms with Crippen LogP contribution in [0, 0.1) is 10.1 Å². The fraction of sp³-hybridized carbons (Fsp3) is 0.0714. The number of rotatable bonds is 7. The largest absolute Gasteiger partial charge is 0.333 e. The molecule has 8 heteroatoms. The summed E-state index contributed by atoms with van der Waals surface area (Å²) in [6.07, 6.45) is 0. The third-order valence-corrected chi connectivity index (χ3v) is 7.18. The number of non-ortho nitro benzene ring substituents is 1. The van der Waals surface area contributed by atoms with Gasteiger partial charge in [-0.15, -0.1) is 10.2 Å². The highest BCUT2D eigenvalue weighted by Gasteiger charge is 2.18. The van der Waals surface area contributed by atoms with Gasteiger partial charge in [0.15, 0.2) is 11.0 Å². The molecule has 0 spiro atoms. The minimum atomic E-state index is -0.371. The van der Waals surface area contributed by atoms with E-state index in [9.17, 15) is 10.1 Å². The van der Waals surface area contributed by atoms with Gasteiger partial charge in [0, 0.05) is 45.4 Å². The van der Waals surface area contributed by atoms with E-state index in [2.05, 4.69) is 67.9 Å². The highest BCUT2D eigenvalue weighted by atomic mass is 32.2. The first kappa shape index (κ1) is 22.1. The van der Waals surface area contributed by atoms with Gasteiger partial charge >= 0.3 is 0 Å². The molecule has 0 saturated heterocycles. The fourth-order valence-electron chi connectivity index (χ4n) is 4.56. The third kappa shape index (κ3) is 4.01. The lowest BCUT2D eigenvalue weighted by molar-refractivity contribution is -0.384. The standard InChI is InChI=1S/C28H21N5O2S/c34-33(35)22-12-8-9-20(17-22)19-36-28-30-29-27(32(28)21-10-2-1-3-11-21)18-31-25-15-6-4-13-23(25)24-14-5-7-16-26(24)31/h1-17H,18-19H2. The minimum absolute atomic E-state index is 0.0877. The van der Waals surface area contributed by atoms with Gasteiger partial charge in [-0.25, -0.2) is 0 Å². The summed E-state index contributed by atoms with van der Waals surface area (Å²) in [6, 6.07) is 33.6. The first-order valence-corrected chi connectivity index (χ1v) is 12.5. The highest BCUT2D eigenvalue weighted by Crippen LogP contribution is 2.31. The molecule has 0 saturated carbocycles. The van der Waals surface area contributed by atoms with Gasteiger partial charge in [0.05, 0.1) is 11.5 Å². The third-order valence-electron chi connectivity index (χ3n) is 6.18. The second-order valence-electron chi connectivity index (χ2n) is 8.41. The van der Waals surface area contributed by atoms with Gasteiger partial charge in [-0.05, 0) is 29.8 Å². The lowest BCUT2D eigenvalue weighted by atomic mass is 10.2. The molecule has 4 aromatic carbocycles. The van der Waals surface area contributed by atoms with Crippen LogP contribution in [0.5, 0.6) is 0 Å². The summed E-state index contributed by atoms with van der Waals surface area (Å²) in [6.45, 7) is 0.549. The molecule has 0 unspecified atom stereocenters. The number of hydrogen-bond donors (Lipinski definition) is 0. The van der Waals surface area contributed by atoms with Crippen LogP contribution >= 0.6 is 11.8 Å². The van der Waals surface area contributed by atoms with Crippen LogP contribution in [0.3, 0.4) is 0 Å². The first-order chi connectivity index (χ1) is 17.7. The number of hydrogen-bond acceptors (Lipinski definition) is 5. The number of nitro benzene ring substituents is 1. The van der Waals surface area contributed by atoms with E-state index < -0.39 is 0 Å². The maximum atomic E-state index is 11.2. The van der Waals surface area contributed by atoms with E-state index in [0.717, 1.165) is 33.3 Å². The predicted molar refractivity (Wildman–Crippen MR) is 143 cm³/mol. The van der Waals surface area contributed by atoms with Gasteiger partial charge in [0.1, 0.15) is 0 Å². The molecule has 2 heterocycles. The van der Waals surface area contributed by atoms with E-state index >= 15 is 0 Å². The van der Waals surface area contributed by atoms with E-state index in [1.165, 1.54) is 28.6 Å². The molecule has 0 bridgehead atoms. The summed E-state index contributed by atoms with van der Waals surface area (Å²) >= 11 is 1.51. The number of para-hydroxylation sites is 3. The van der Waals surface area contributed by atoms with Crippen molar-refractivity contribution in [1.82, 2.24) is 19.3 Å². The van der Waals surface area contributed by atoms with Crippen molar-refractivity contribution in [3.63, 3.8) is 0 Å². The lowest BCUT2D eigenvalue weighted by Crippen LogP contribution is -2.08. The van der Waals surface area contributed by atoms with Crippen LogP contribution < -0.4 is 0 Å². The Hall–Kier alpha value is -4.43. The number of benzene rings is 4. The van der Waals surface area contributed by atoms with Crippen molar-refractivity contribution >= 4 is 39.3 Å². The van der Waals surface area contributed by atoms with Crippen molar-refractivity contribution in [3.05, 3.63) is 125 Å². The fourth-order valence-corrected chi connectivity index (χ4v) is 5.47. The Labute approximate surface area is 211 Å². The molecule has 6 aromatic rings. The SMILES string of the molecule is O=[N+]([O-])c1cccc(CSc2nnc(Cn3c4ccccc4c4ccccc43)n2-c2ccccc2)c1. The molecule has 0 aliphatic heterocycles. The number of nitrogens with zero attached hydrogens (tertiary/aromatic N) is 5. The summed E-state index contributed by atoms with van der Waals surface area (Å²) in [5, 5.41) is 23.5. The quantitative estimate of drug-likeness (QED) is 0.142. The maximum absolute atomic E-state index is 11.2. The number of thioether (sulfide) groups is 1. The second kappa shape index (κ2) is 9.31. The zero-order valence-electron chi connectivity index (χ0n) is 19.2. The summed E-state index contributed by atoms with van der Waals surface area (Å²) < 4.78 is 4.36. The van der Waals surface area contributed by atoms with Gasteiger partial charge in [-0.2, -0.15) is 0 Å². The number of aromatic nitrogens is 4. The van der Waals surface area contributed by atoms with Gasteiger partial charge in [0.25, 0.3) is 5.69 Å². The van der Waals surface area contributed by atoms with Crippen molar-refractivity contribution in [2.75, 3.05) is 0 Å². The highest BCUT2D eigenvalue weighted by molar-refractivity contribution is 7.98. The van der Waals surface area contributed by atoms with Gasteiger partial charge in [-0.1, -0.05) is 78.5 Å². The molecule has 0 radical (unpaired) electrons. The lowest BCUT2D eigenvalue weighted by Gasteiger charge is -2.12. The average Bonchev–Trinajstić information content (AvgIpc) is 3.47. The van der Waals surface area contributed by atoms with Crippen LogP contribution in [0.2, 0.25) is 0 Å². The maximum Gasteiger partial charge on any atom is 0.269 e. The second-order valence-corrected chi connectivity index (χ2v) is 9.35. The van der Waals surface area contributed by atoms with Crippen molar-refractivity contribution < 1.29 is 4.92 Å². The van der Waals surface area contributed by atoms with E-state index in [-0.39, 0.29) is 10.6 Å². The van der Waals surface area contributed by atoms with Crippen LogP contribution in [-0.4, -0.2) is 24.3 Å². The van der Waals surface area contributed by atoms with E-state index in [4.69, 9.17) is 0 Å². The number of fused-ring (bicyclic) bond motifs is 3. The summed E-state index contributed by atoms with van der Waals surface area (Å²) in [5.74, 6) is 1.36. The smallest absolute Gasteiger partial charge is 0.269 e. The molecular formula is C28H21N5O2S. The van der Waals surface area contributed by atoms with Crippen LogP contribution in [0.25, 0.3) is 27.5 Å². The van der Waals surface area contributed by atoms with Gasteiger partial charge in [0.2, 0.25) is 0 Å². The molecule has 36 heavy (non-hydrogen) atoms. The number of nitro groups is 1. The zero-order chi connectivity index (χ0) is 24.5. The zero-order valence-corrected chi connectivity index (χ0v) is 20.0. The first-order valence-electron chi connectivity index (χ1n) is 11.5. The van der Waals surface area contributed by atoms with Crippen LogP contribution in [-0.2, 0) is 12.3 Å². The average molecular weight is 492 g/mol. The van der Waals surface area contributed by atoms with Gasteiger partial charge in [-0.3, -0.25) is 14.7 Å². The summed E-state index contributed by atoms with van der Waals surface area (Å²) in [5.41, 5.74) is 4.21. The van der Waals surface area contributed by atoms with Crippen molar-refractivity contribution in [1.29, 1.82) is 0 Å². The van der Waals surface area contributed by atoms with E-state index in [1.54, 1.807) is 12.1 Å². The Morgan fingerprint density at radius 1 is 0.778 bits per heavy atom. The van der Waals surface area contributed by atoms with Crippen LogP contribution in [0.1, 0.15) is 11.4 Å². The van der Waals surface area contributed by atoms with E-state index in [0.29, 0.717) is 12.3 Å². The van der Waals surface area contributed by atoms with Crippen molar-refractivity contribution in [2.24, 2.45) is 0 Å². The Morgan fingerprint density at radius 3 is 2.14 bits per heavy atom. The normalized spacial score (nSPS) is 11.3. The predicted octanol–water partition coefficient (Wildman–Crippen LogP) is 6.62. The summed E-state index contributed by atoms with van der Waals surface area (Å²) in [4.78, 5) is 10.8. The molecule has 6 rings (SSSR count). The monoisotopic (exact) mass is 491 g/mol. The molecule has 0 amide bonds.